The summed E-state index contributed by atoms with van der Waals surface area (Å²) in [5, 5.41) is 18.5. The third-order valence-electron chi connectivity index (χ3n) is 3.66. The van der Waals surface area contributed by atoms with Gasteiger partial charge in [-0.1, -0.05) is 0 Å². The highest BCUT2D eigenvalue weighted by Crippen LogP contribution is 2.29. The summed E-state index contributed by atoms with van der Waals surface area (Å²) in [6.07, 6.45) is 0.808. The van der Waals surface area contributed by atoms with Gasteiger partial charge in [-0.25, -0.2) is 0 Å². The Morgan fingerprint density at radius 1 is 1.41 bits per heavy atom. The third kappa shape index (κ3) is 3.19. The van der Waals surface area contributed by atoms with Crippen molar-refractivity contribution in [3.05, 3.63) is 23.8 Å². The second-order valence-corrected chi connectivity index (χ2v) is 5.08. The van der Waals surface area contributed by atoms with Crippen molar-refractivity contribution < 1.29 is 29.3 Å². The topological polar surface area (TPSA) is 104 Å². The zero-order chi connectivity index (χ0) is 16.3. The zero-order valence-electron chi connectivity index (χ0n) is 12.1. The van der Waals surface area contributed by atoms with Crippen LogP contribution in [-0.2, 0) is 9.59 Å². The van der Waals surface area contributed by atoms with Crippen LogP contribution in [0.2, 0.25) is 0 Å². The van der Waals surface area contributed by atoms with Gasteiger partial charge in [-0.3, -0.25) is 19.3 Å². The normalized spacial score (nSPS) is 17.6. The molecule has 118 valence electrons. The molecule has 1 aromatic rings. The van der Waals surface area contributed by atoms with Crippen LogP contribution in [-0.4, -0.2) is 46.0 Å². The van der Waals surface area contributed by atoms with Crippen LogP contribution in [0.1, 0.15) is 36.0 Å². The highest BCUT2D eigenvalue weighted by Gasteiger charge is 2.36. The van der Waals surface area contributed by atoms with Crippen molar-refractivity contribution in [2.45, 2.75) is 31.7 Å². The maximum atomic E-state index is 12.5. The van der Waals surface area contributed by atoms with E-state index in [1.165, 1.54) is 25.3 Å². The summed E-state index contributed by atoms with van der Waals surface area (Å²) in [4.78, 5) is 36.2. The molecular formula is C15H17NO6. The standard InChI is InChI=1S/C15H17NO6/c1-22-12-5-2-9(8-11(12)17)15(21)16-10(3-6-13(16)18)4-7-14(19)20/h2,5,8,10,17H,3-4,6-7H2,1H3,(H,19,20). The fraction of sp³-hybridized carbons (Fsp3) is 0.400. The Balaban J connectivity index is 2.20. The molecule has 1 saturated heterocycles. The van der Waals surface area contributed by atoms with Gasteiger partial charge in [0.1, 0.15) is 0 Å². The Bertz CT molecular complexity index is 612. The van der Waals surface area contributed by atoms with Crippen molar-refractivity contribution in [2.24, 2.45) is 0 Å². The van der Waals surface area contributed by atoms with E-state index >= 15 is 0 Å². The predicted molar refractivity (Wildman–Crippen MR) is 75.7 cm³/mol. The van der Waals surface area contributed by atoms with Crippen molar-refractivity contribution in [3.8, 4) is 11.5 Å². The number of nitrogens with zero attached hydrogens (tertiary/aromatic N) is 1. The minimum absolute atomic E-state index is 0.102. The summed E-state index contributed by atoms with van der Waals surface area (Å²) in [5.74, 6) is -1.78. The predicted octanol–water partition coefficient (Wildman–Crippen LogP) is 1.40. The second kappa shape index (κ2) is 6.46. The van der Waals surface area contributed by atoms with Crippen LogP contribution in [0.4, 0.5) is 0 Å². The van der Waals surface area contributed by atoms with Gasteiger partial charge in [0.05, 0.1) is 7.11 Å². The molecule has 1 aromatic carbocycles. The Morgan fingerprint density at radius 2 is 2.14 bits per heavy atom. The van der Waals surface area contributed by atoms with Gasteiger partial charge in [0.15, 0.2) is 11.5 Å². The van der Waals surface area contributed by atoms with E-state index in [2.05, 4.69) is 0 Å². The Morgan fingerprint density at radius 3 is 2.73 bits per heavy atom. The average Bonchev–Trinajstić information content (AvgIpc) is 2.85. The molecule has 7 heteroatoms. The number of hydrogen-bond acceptors (Lipinski definition) is 5. The second-order valence-electron chi connectivity index (χ2n) is 5.08. The van der Waals surface area contributed by atoms with E-state index in [0.29, 0.717) is 6.42 Å². The van der Waals surface area contributed by atoms with Gasteiger partial charge in [0, 0.05) is 24.4 Å². The van der Waals surface area contributed by atoms with Crippen molar-refractivity contribution in [2.75, 3.05) is 7.11 Å². The third-order valence-corrected chi connectivity index (χ3v) is 3.66. The maximum absolute atomic E-state index is 12.5. The number of amides is 2. The largest absolute Gasteiger partial charge is 0.504 e. The summed E-state index contributed by atoms with van der Waals surface area (Å²) in [6.45, 7) is 0. The van der Waals surface area contributed by atoms with E-state index < -0.39 is 17.9 Å². The lowest BCUT2D eigenvalue weighted by Crippen LogP contribution is -2.38. The fourth-order valence-electron chi connectivity index (χ4n) is 2.55. The molecule has 0 saturated carbocycles. The quantitative estimate of drug-likeness (QED) is 0.797. The molecule has 22 heavy (non-hydrogen) atoms. The summed E-state index contributed by atoms with van der Waals surface area (Å²) in [6, 6.07) is 3.72. The van der Waals surface area contributed by atoms with E-state index in [1.54, 1.807) is 0 Å². The van der Waals surface area contributed by atoms with Crippen molar-refractivity contribution >= 4 is 17.8 Å². The van der Waals surface area contributed by atoms with E-state index in [4.69, 9.17) is 9.84 Å². The number of methoxy groups -OCH3 is 1. The number of carbonyl (C=O) groups excluding carboxylic acids is 2. The van der Waals surface area contributed by atoms with Gasteiger partial charge < -0.3 is 14.9 Å². The van der Waals surface area contributed by atoms with Crippen LogP contribution >= 0.6 is 0 Å². The summed E-state index contributed by atoms with van der Waals surface area (Å²) in [5.41, 5.74) is 0.161. The number of carboxylic acids is 1. The van der Waals surface area contributed by atoms with E-state index in [9.17, 15) is 19.5 Å². The number of carbonyl (C=O) groups is 3. The van der Waals surface area contributed by atoms with Crippen molar-refractivity contribution in [3.63, 3.8) is 0 Å². The molecule has 1 aliphatic heterocycles. The summed E-state index contributed by atoms with van der Waals surface area (Å²) < 4.78 is 4.91. The molecule has 7 nitrogen and oxygen atoms in total. The zero-order valence-corrected chi connectivity index (χ0v) is 12.1. The molecule has 0 aromatic heterocycles. The Hall–Kier alpha value is -2.57. The van der Waals surface area contributed by atoms with Crippen molar-refractivity contribution in [1.29, 1.82) is 0 Å². The summed E-state index contributed by atoms with van der Waals surface area (Å²) >= 11 is 0. The molecule has 1 heterocycles. The Kier molecular flexibility index (Phi) is 4.65. The highest BCUT2D eigenvalue weighted by molar-refractivity contribution is 6.06. The number of phenols is 1. The molecule has 1 unspecified atom stereocenters. The lowest BCUT2D eigenvalue weighted by atomic mass is 10.1. The van der Waals surface area contributed by atoms with E-state index in [1.807, 2.05) is 0 Å². The van der Waals surface area contributed by atoms with Crippen molar-refractivity contribution in [1.82, 2.24) is 4.90 Å². The number of hydrogen-bond donors (Lipinski definition) is 2. The number of carboxylic acid groups (broad SMARTS) is 1. The van der Waals surface area contributed by atoms with Crippen LogP contribution in [0.3, 0.4) is 0 Å². The first-order valence-electron chi connectivity index (χ1n) is 6.89. The number of benzene rings is 1. The minimum atomic E-state index is -0.964. The first-order valence-corrected chi connectivity index (χ1v) is 6.89. The smallest absolute Gasteiger partial charge is 0.303 e. The van der Waals surface area contributed by atoms with Crippen LogP contribution in [0.25, 0.3) is 0 Å². The molecule has 1 atom stereocenters. The van der Waals surface area contributed by atoms with E-state index in [0.717, 1.165) is 4.90 Å². The van der Waals surface area contributed by atoms with Crippen LogP contribution < -0.4 is 4.74 Å². The number of likely N-dealkylation sites (tertiary alicyclic amines) is 1. The number of imide groups is 1. The highest BCUT2D eigenvalue weighted by atomic mass is 16.5. The molecule has 1 fully saturated rings. The molecule has 0 spiro atoms. The molecule has 0 bridgehead atoms. The van der Waals surface area contributed by atoms with Gasteiger partial charge in [-0.2, -0.15) is 0 Å². The lowest BCUT2D eigenvalue weighted by molar-refractivity contribution is -0.137. The average molecular weight is 307 g/mol. The Labute approximate surface area is 127 Å². The molecule has 2 rings (SSSR count). The SMILES string of the molecule is COc1ccc(C(=O)N2C(=O)CCC2CCC(=O)O)cc1O. The van der Waals surface area contributed by atoms with Gasteiger partial charge in [-0.05, 0) is 31.0 Å². The lowest BCUT2D eigenvalue weighted by Gasteiger charge is -2.22. The molecule has 2 N–H and O–H groups in total. The van der Waals surface area contributed by atoms with Crippen LogP contribution in [0.15, 0.2) is 18.2 Å². The first-order chi connectivity index (χ1) is 10.4. The monoisotopic (exact) mass is 307 g/mol. The number of aromatic hydroxyl groups is 1. The maximum Gasteiger partial charge on any atom is 0.303 e. The molecule has 2 amide bonds. The van der Waals surface area contributed by atoms with Gasteiger partial charge in [-0.15, -0.1) is 0 Å². The van der Waals surface area contributed by atoms with E-state index in [-0.39, 0.29) is 42.2 Å². The fourth-order valence-corrected chi connectivity index (χ4v) is 2.55. The molecule has 0 radical (unpaired) electrons. The molecule has 0 aliphatic carbocycles. The number of ether oxygens (including phenoxy) is 1. The minimum Gasteiger partial charge on any atom is -0.504 e. The number of phenolic OH excluding ortho intramolecular Hbond substituents is 1. The van der Waals surface area contributed by atoms with Crippen LogP contribution in [0, 0.1) is 0 Å². The van der Waals surface area contributed by atoms with Gasteiger partial charge in [0.25, 0.3) is 5.91 Å². The number of aliphatic carboxylic acids is 1. The summed E-state index contributed by atoms with van der Waals surface area (Å²) in [7, 11) is 1.39. The van der Waals surface area contributed by atoms with Gasteiger partial charge >= 0.3 is 5.97 Å². The molecular weight excluding hydrogens is 290 g/mol. The molecule has 1 aliphatic rings. The number of rotatable bonds is 5. The van der Waals surface area contributed by atoms with Gasteiger partial charge in [0.2, 0.25) is 5.91 Å². The van der Waals surface area contributed by atoms with Crippen LogP contribution in [0.5, 0.6) is 11.5 Å². The first kappa shape index (κ1) is 15.8.